The second kappa shape index (κ2) is 10.3. The maximum Gasteiger partial charge on any atom is 0.251 e. The van der Waals surface area contributed by atoms with Gasteiger partial charge in [0.15, 0.2) is 9.84 Å². The molecule has 1 aromatic carbocycles. The minimum Gasteiger partial charge on any atom is -0.355 e. The van der Waals surface area contributed by atoms with E-state index >= 15 is 0 Å². The highest BCUT2D eigenvalue weighted by Crippen LogP contribution is 2.46. The quantitative estimate of drug-likeness (QED) is 0.371. The molecule has 1 saturated heterocycles. The number of aromatic nitrogens is 3. The molecular formula is C30H32N6O3S. The third-order valence-corrected chi connectivity index (χ3v) is 9.01. The van der Waals surface area contributed by atoms with Crippen LogP contribution in [0.5, 0.6) is 0 Å². The Kier molecular flexibility index (Phi) is 6.75. The molecule has 2 aliphatic rings. The number of hydrogen-bond acceptors (Lipinski definition) is 8. The van der Waals surface area contributed by atoms with Gasteiger partial charge in [-0.2, -0.15) is 0 Å². The fourth-order valence-corrected chi connectivity index (χ4v) is 6.26. The summed E-state index contributed by atoms with van der Waals surface area (Å²) >= 11 is 0. The minimum absolute atomic E-state index is 0.151. The lowest BCUT2D eigenvalue weighted by molar-refractivity contribution is 0.0950. The van der Waals surface area contributed by atoms with E-state index in [9.17, 15) is 13.2 Å². The van der Waals surface area contributed by atoms with E-state index in [1.807, 2.05) is 30.3 Å². The van der Waals surface area contributed by atoms with Gasteiger partial charge in [-0.15, -0.1) is 0 Å². The molecule has 1 saturated carbocycles. The number of anilines is 1. The number of rotatable bonds is 6. The molecule has 1 aliphatic heterocycles. The number of carbonyl (C=O) groups excluding carboxylic acids is 1. The summed E-state index contributed by atoms with van der Waals surface area (Å²) in [6.45, 7) is 5.89. The summed E-state index contributed by atoms with van der Waals surface area (Å²) in [5.41, 5.74) is 4.28. The Morgan fingerprint density at radius 1 is 1.07 bits per heavy atom. The van der Waals surface area contributed by atoms with Crippen molar-refractivity contribution in [2.75, 3.05) is 37.3 Å². The van der Waals surface area contributed by atoms with Gasteiger partial charge in [-0.25, -0.2) is 18.4 Å². The van der Waals surface area contributed by atoms with Crippen LogP contribution in [-0.2, 0) is 16.4 Å². The van der Waals surface area contributed by atoms with Gasteiger partial charge in [0, 0.05) is 55.0 Å². The van der Waals surface area contributed by atoms with Gasteiger partial charge in [0.25, 0.3) is 5.91 Å². The predicted molar refractivity (Wildman–Crippen MR) is 155 cm³/mol. The van der Waals surface area contributed by atoms with Crippen LogP contribution in [0.25, 0.3) is 22.3 Å². The zero-order valence-corrected chi connectivity index (χ0v) is 23.5. The molecule has 206 valence electrons. The lowest BCUT2D eigenvalue weighted by Gasteiger charge is -2.25. The van der Waals surface area contributed by atoms with Crippen molar-refractivity contribution in [3.05, 3.63) is 77.6 Å². The molecule has 6 rings (SSSR count). The Morgan fingerprint density at radius 3 is 2.70 bits per heavy atom. The molecule has 40 heavy (non-hydrogen) atoms. The number of amides is 1. The molecule has 10 heteroatoms. The van der Waals surface area contributed by atoms with Gasteiger partial charge >= 0.3 is 0 Å². The first-order valence-corrected chi connectivity index (χ1v) is 15.4. The van der Waals surface area contributed by atoms with Crippen LogP contribution >= 0.6 is 0 Å². The molecule has 0 radical (unpaired) electrons. The smallest absolute Gasteiger partial charge is 0.251 e. The van der Waals surface area contributed by atoms with E-state index in [4.69, 9.17) is 9.97 Å². The Hall–Kier alpha value is -3.89. The number of sulfone groups is 1. The summed E-state index contributed by atoms with van der Waals surface area (Å²) in [7, 11) is -3.43. The molecule has 0 unspecified atom stereocenters. The first kappa shape index (κ1) is 26.3. The minimum atomic E-state index is -3.43. The molecule has 2 N–H and O–H groups in total. The van der Waals surface area contributed by atoms with Crippen LogP contribution in [0.3, 0.4) is 0 Å². The number of pyridine rings is 3. The van der Waals surface area contributed by atoms with E-state index in [0.29, 0.717) is 16.7 Å². The predicted octanol–water partition coefficient (Wildman–Crippen LogP) is 3.52. The maximum absolute atomic E-state index is 12.8. The van der Waals surface area contributed by atoms with Crippen molar-refractivity contribution in [3.63, 3.8) is 0 Å². The SMILES string of the molecule is Cc1ccc(C(=O)NCc2cc3nc(-c4cccc(N5CCNCC6(CC6)C5)n4)ccc3cn2)cc1S(C)(=O)=O. The Balaban J connectivity index is 1.20. The number of nitrogens with zero attached hydrogens (tertiary/aromatic N) is 4. The summed E-state index contributed by atoms with van der Waals surface area (Å²) in [5, 5.41) is 7.30. The highest BCUT2D eigenvalue weighted by atomic mass is 32.2. The topological polar surface area (TPSA) is 117 Å². The molecule has 9 nitrogen and oxygen atoms in total. The van der Waals surface area contributed by atoms with Crippen LogP contribution in [0.4, 0.5) is 5.82 Å². The summed E-state index contributed by atoms with van der Waals surface area (Å²) in [5.74, 6) is 0.605. The Morgan fingerprint density at radius 2 is 1.90 bits per heavy atom. The van der Waals surface area contributed by atoms with Crippen LogP contribution in [0.1, 0.15) is 34.5 Å². The van der Waals surface area contributed by atoms with Gasteiger partial charge in [-0.3, -0.25) is 9.78 Å². The van der Waals surface area contributed by atoms with E-state index in [2.05, 4.69) is 26.6 Å². The number of carbonyl (C=O) groups is 1. The van der Waals surface area contributed by atoms with E-state index < -0.39 is 9.84 Å². The van der Waals surface area contributed by atoms with Gasteiger partial charge in [0.1, 0.15) is 5.82 Å². The van der Waals surface area contributed by atoms with Crippen LogP contribution < -0.4 is 15.5 Å². The summed E-state index contributed by atoms with van der Waals surface area (Å²) in [6.07, 6.45) is 5.42. The molecule has 4 heterocycles. The Labute approximate surface area is 234 Å². The van der Waals surface area contributed by atoms with Crippen LogP contribution in [0.2, 0.25) is 0 Å². The summed E-state index contributed by atoms with van der Waals surface area (Å²) in [4.78, 5) is 29.6. The molecule has 4 aromatic rings. The van der Waals surface area contributed by atoms with E-state index in [1.54, 1.807) is 25.3 Å². The molecule has 3 aromatic heterocycles. The van der Waals surface area contributed by atoms with Crippen LogP contribution in [0.15, 0.2) is 65.7 Å². The van der Waals surface area contributed by atoms with Crippen molar-refractivity contribution in [3.8, 4) is 11.4 Å². The van der Waals surface area contributed by atoms with E-state index in [0.717, 1.165) is 60.5 Å². The molecule has 1 aliphatic carbocycles. The van der Waals surface area contributed by atoms with Crippen LogP contribution in [-0.4, -0.2) is 61.7 Å². The van der Waals surface area contributed by atoms with Gasteiger partial charge < -0.3 is 15.5 Å². The van der Waals surface area contributed by atoms with Crippen molar-refractivity contribution in [2.24, 2.45) is 5.41 Å². The number of hydrogen-bond donors (Lipinski definition) is 2. The average Bonchev–Trinajstić information content (AvgIpc) is 3.75. The standard InChI is InChI=1S/C30H32N6O3S/c1-20-6-7-21(14-27(20)40(2,38)39)29(37)33-17-23-15-26-22(16-32-23)8-9-25(34-26)24-4-3-5-28(35-24)36-13-12-31-18-30(19-36)10-11-30/h3-9,14-16,31H,10-13,17-19H2,1-2H3,(H,33,37). The zero-order chi connectivity index (χ0) is 27.9. The molecule has 1 spiro atoms. The third-order valence-electron chi connectivity index (χ3n) is 7.77. The fraction of sp³-hybridized carbons (Fsp3) is 0.333. The molecule has 1 amide bonds. The van der Waals surface area contributed by atoms with Gasteiger partial charge in [-0.1, -0.05) is 12.1 Å². The lowest BCUT2D eigenvalue weighted by Crippen LogP contribution is -2.31. The van der Waals surface area contributed by atoms with Crippen molar-refractivity contribution >= 4 is 32.5 Å². The second-order valence-electron chi connectivity index (χ2n) is 11.0. The molecule has 0 bridgehead atoms. The van der Waals surface area contributed by atoms with Crippen molar-refractivity contribution < 1.29 is 13.2 Å². The van der Waals surface area contributed by atoms with Crippen molar-refractivity contribution in [1.29, 1.82) is 0 Å². The van der Waals surface area contributed by atoms with E-state index in [1.165, 1.54) is 18.9 Å². The normalized spacial score (nSPS) is 16.6. The monoisotopic (exact) mass is 556 g/mol. The van der Waals surface area contributed by atoms with Crippen LogP contribution in [0, 0.1) is 12.3 Å². The summed E-state index contributed by atoms with van der Waals surface area (Å²) in [6, 6.07) is 16.6. The second-order valence-corrected chi connectivity index (χ2v) is 13.0. The number of fused-ring (bicyclic) bond motifs is 1. The zero-order valence-electron chi connectivity index (χ0n) is 22.6. The maximum atomic E-state index is 12.8. The highest BCUT2D eigenvalue weighted by molar-refractivity contribution is 7.90. The van der Waals surface area contributed by atoms with Gasteiger partial charge in [-0.05, 0) is 67.8 Å². The Bertz CT molecular complexity index is 1720. The van der Waals surface area contributed by atoms with Gasteiger partial charge in [0.2, 0.25) is 0 Å². The number of nitrogens with one attached hydrogen (secondary N) is 2. The first-order chi connectivity index (χ1) is 19.2. The first-order valence-electron chi connectivity index (χ1n) is 13.5. The molecule has 0 atom stereocenters. The third kappa shape index (κ3) is 5.55. The lowest BCUT2D eigenvalue weighted by atomic mass is 10.1. The van der Waals surface area contributed by atoms with Crippen molar-refractivity contribution in [2.45, 2.75) is 31.2 Å². The number of aryl methyl sites for hydroxylation is 1. The molecular weight excluding hydrogens is 524 g/mol. The average molecular weight is 557 g/mol. The largest absolute Gasteiger partial charge is 0.355 e. The molecule has 2 fully saturated rings. The van der Waals surface area contributed by atoms with Crippen molar-refractivity contribution in [1.82, 2.24) is 25.6 Å². The van der Waals surface area contributed by atoms with Gasteiger partial charge in [0.05, 0.1) is 34.0 Å². The fourth-order valence-electron chi connectivity index (χ4n) is 5.27. The summed E-state index contributed by atoms with van der Waals surface area (Å²) < 4.78 is 24.1. The van der Waals surface area contributed by atoms with E-state index in [-0.39, 0.29) is 22.9 Å². The number of benzene rings is 1. The highest BCUT2D eigenvalue weighted by Gasteiger charge is 2.44.